The van der Waals surface area contributed by atoms with Gasteiger partial charge in [0, 0.05) is 17.6 Å². The van der Waals surface area contributed by atoms with E-state index in [-0.39, 0.29) is 11.6 Å². The number of cyclic esters (lactones) is 1. The fourth-order valence-electron chi connectivity index (χ4n) is 2.02. The Kier molecular flexibility index (Phi) is 4.42. The second-order valence-corrected chi connectivity index (χ2v) is 6.16. The number of rotatable bonds is 6. The summed E-state index contributed by atoms with van der Waals surface area (Å²) in [7, 11) is 0. The van der Waals surface area contributed by atoms with Crippen molar-refractivity contribution in [2.45, 2.75) is 32.7 Å². The van der Waals surface area contributed by atoms with E-state index >= 15 is 0 Å². The molecule has 1 aliphatic heterocycles. The first-order valence-electron chi connectivity index (χ1n) is 6.58. The Balaban J connectivity index is 1.74. The first kappa shape index (κ1) is 14.3. The first-order chi connectivity index (χ1) is 8.99. The smallest absolute Gasteiger partial charge is 0.409 e. The summed E-state index contributed by atoms with van der Waals surface area (Å²) in [5, 5.41) is 6.67. The minimum atomic E-state index is -0.185. The van der Waals surface area contributed by atoms with Gasteiger partial charge < -0.3 is 15.0 Å². The van der Waals surface area contributed by atoms with E-state index in [1.54, 1.807) is 16.2 Å². The lowest BCUT2D eigenvalue weighted by molar-refractivity contribution is 0.158. The number of hydrogen-bond donors (Lipinski definition) is 1. The maximum Gasteiger partial charge on any atom is 0.409 e. The third-order valence-corrected chi connectivity index (χ3v) is 4.45. The quantitative estimate of drug-likeness (QED) is 0.813. The van der Waals surface area contributed by atoms with E-state index in [0.717, 1.165) is 30.2 Å². The van der Waals surface area contributed by atoms with Crippen molar-refractivity contribution in [1.82, 2.24) is 15.2 Å². The van der Waals surface area contributed by atoms with Crippen molar-refractivity contribution in [3.8, 4) is 0 Å². The lowest BCUT2D eigenvalue weighted by Crippen LogP contribution is -2.38. The van der Waals surface area contributed by atoms with Gasteiger partial charge in [-0.2, -0.15) is 0 Å². The Morgan fingerprint density at radius 1 is 1.58 bits per heavy atom. The van der Waals surface area contributed by atoms with E-state index in [9.17, 15) is 4.79 Å². The minimum Gasteiger partial charge on any atom is -0.448 e. The minimum absolute atomic E-state index is 0.121. The van der Waals surface area contributed by atoms with Gasteiger partial charge in [-0.15, -0.1) is 11.3 Å². The summed E-state index contributed by atoms with van der Waals surface area (Å²) < 4.78 is 4.89. The molecule has 0 atom stereocenters. The Labute approximate surface area is 118 Å². The fraction of sp³-hybridized carbons (Fsp3) is 0.692. The molecule has 0 aromatic carbocycles. The molecule has 1 saturated heterocycles. The molecule has 1 amide bonds. The largest absolute Gasteiger partial charge is 0.448 e. The molecule has 1 fully saturated rings. The third-order valence-electron chi connectivity index (χ3n) is 3.17. The Morgan fingerprint density at radius 3 is 2.95 bits per heavy atom. The second-order valence-electron chi connectivity index (χ2n) is 5.30. The molecule has 5 nitrogen and oxygen atoms in total. The average Bonchev–Trinajstić information content (AvgIpc) is 2.94. The molecule has 1 N–H and O–H groups in total. The van der Waals surface area contributed by atoms with Crippen LogP contribution < -0.4 is 5.32 Å². The van der Waals surface area contributed by atoms with Crippen molar-refractivity contribution < 1.29 is 9.53 Å². The van der Waals surface area contributed by atoms with E-state index in [1.807, 2.05) is 6.92 Å². The predicted octanol–water partition coefficient (Wildman–Crippen LogP) is 2.12. The number of nitrogens with zero attached hydrogens (tertiary/aromatic N) is 2. The SMILES string of the molecule is Cc1csc(C(C)(C)NCCCN2CCOC2=O)n1. The third kappa shape index (κ3) is 3.67. The normalized spacial score (nSPS) is 15.9. The van der Waals surface area contributed by atoms with Gasteiger partial charge >= 0.3 is 6.09 Å². The van der Waals surface area contributed by atoms with Gasteiger partial charge in [-0.25, -0.2) is 9.78 Å². The van der Waals surface area contributed by atoms with Gasteiger partial charge in [0.25, 0.3) is 0 Å². The average molecular weight is 283 g/mol. The van der Waals surface area contributed by atoms with E-state index < -0.39 is 0 Å². The maximum atomic E-state index is 11.3. The molecule has 1 aliphatic rings. The molecule has 106 valence electrons. The van der Waals surface area contributed by atoms with Crippen molar-refractivity contribution >= 4 is 17.4 Å². The van der Waals surface area contributed by atoms with Gasteiger partial charge in [0.1, 0.15) is 11.6 Å². The molecule has 2 rings (SSSR count). The number of aryl methyl sites for hydroxylation is 1. The number of hydrogen-bond acceptors (Lipinski definition) is 5. The summed E-state index contributed by atoms with van der Waals surface area (Å²) in [5.41, 5.74) is 0.944. The second kappa shape index (κ2) is 5.88. The number of aromatic nitrogens is 1. The van der Waals surface area contributed by atoms with Crippen LogP contribution in [-0.2, 0) is 10.3 Å². The molecular formula is C13H21N3O2S. The molecule has 0 unspecified atom stereocenters. The van der Waals surface area contributed by atoms with Crippen LogP contribution in [0.1, 0.15) is 31.0 Å². The molecule has 0 aliphatic carbocycles. The van der Waals surface area contributed by atoms with Gasteiger partial charge in [0.05, 0.1) is 12.1 Å². The van der Waals surface area contributed by atoms with E-state index in [1.165, 1.54) is 0 Å². The molecule has 2 heterocycles. The molecule has 19 heavy (non-hydrogen) atoms. The van der Waals surface area contributed by atoms with Crippen molar-refractivity contribution in [3.63, 3.8) is 0 Å². The standard InChI is InChI=1S/C13H21N3O2S/c1-10-9-19-11(15-10)13(2,3)14-5-4-6-16-7-8-18-12(16)17/h9,14H,4-8H2,1-3H3. The zero-order valence-corrected chi connectivity index (χ0v) is 12.5. The zero-order valence-electron chi connectivity index (χ0n) is 11.7. The summed E-state index contributed by atoms with van der Waals surface area (Å²) in [6, 6.07) is 0. The summed E-state index contributed by atoms with van der Waals surface area (Å²) in [4.78, 5) is 17.5. The maximum absolute atomic E-state index is 11.3. The zero-order chi connectivity index (χ0) is 13.9. The molecule has 1 aromatic heterocycles. The molecule has 0 saturated carbocycles. The molecule has 6 heteroatoms. The van der Waals surface area contributed by atoms with Crippen LogP contribution >= 0.6 is 11.3 Å². The number of carbonyl (C=O) groups is 1. The first-order valence-corrected chi connectivity index (χ1v) is 7.46. The van der Waals surface area contributed by atoms with Crippen LogP contribution in [-0.4, -0.2) is 42.2 Å². The van der Waals surface area contributed by atoms with Gasteiger partial charge in [-0.3, -0.25) is 0 Å². The van der Waals surface area contributed by atoms with Crippen molar-refractivity contribution in [1.29, 1.82) is 0 Å². The Hall–Kier alpha value is -1.14. The van der Waals surface area contributed by atoms with Crippen molar-refractivity contribution in [2.24, 2.45) is 0 Å². The highest BCUT2D eigenvalue weighted by molar-refractivity contribution is 7.09. The highest BCUT2D eigenvalue weighted by Crippen LogP contribution is 2.23. The fourth-order valence-corrected chi connectivity index (χ4v) is 2.91. The monoisotopic (exact) mass is 283 g/mol. The number of amides is 1. The molecule has 0 spiro atoms. The van der Waals surface area contributed by atoms with Gasteiger partial charge in [0.15, 0.2) is 0 Å². The molecule has 0 radical (unpaired) electrons. The number of nitrogens with one attached hydrogen (secondary N) is 1. The summed E-state index contributed by atoms with van der Waals surface area (Å²) >= 11 is 1.68. The van der Waals surface area contributed by atoms with E-state index in [2.05, 4.69) is 29.5 Å². The van der Waals surface area contributed by atoms with Gasteiger partial charge in [0.2, 0.25) is 0 Å². The number of ether oxygens (including phenoxy) is 1. The van der Waals surface area contributed by atoms with Crippen LogP contribution in [0.15, 0.2) is 5.38 Å². The highest BCUT2D eigenvalue weighted by Gasteiger charge is 2.24. The Morgan fingerprint density at radius 2 is 2.37 bits per heavy atom. The number of thiazole rings is 1. The summed E-state index contributed by atoms with van der Waals surface area (Å²) in [5.74, 6) is 0. The summed E-state index contributed by atoms with van der Waals surface area (Å²) in [6.45, 7) is 9.12. The molecule has 0 bridgehead atoms. The van der Waals surface area contributed by atoms with E-state index in [4.69, 9.17) is 4.74 Å². The van der Waals surface area contributed by atoms with Crippen LogP contribution in [0, 0.1) is 6.92 Å². The van der Waals surface area contributed by atoms with Gasteiger partial charge in [-0.1, -0.05) is 0 Å². The van der Waals surface area contributed by atoms with Gasteiger partial charge in [-0.05, 0) is 33.7 Å². The van der Waals surface area contributed by atoms with Crippen LogP contribution in [0.4, 0.5) is 4.79 Å². The van der Waals surface area contributed by atoms with Crippen LogP contribution in [0.3, 0.4) is 0 Å². The van der Waals surface area contributed by atoms with Crippen LogP contribution in [0.2, 0.25) is 0 Å². The van der Waals surface area contributed by atoms with Crippen molar-refractivity contribution in [3.05, 3.63) is 16.1 Å². The van der Waals surface area contributed by atoms with Crippen molar-refractivity contribution in [2.75, 3.05) is 26.2 Å². The molecule has 1 aromatic rings. The lowest BCUT2D eigenvalue weighted by Gasteiger charge is -2.24. The lowest BCUT2D eigenvalue weighted by atomic mass is 10.1. The topological polar surface area (TPSA) is 54.5 Å². The number of carbonyl (C=O) groups excluding carboxylic acids is 1. The highest BCUT2D eigenvalue weighted by atomic mass is 32.1. The van der Waals surface area contributed by atoms with Crippen LogP contribution in [0.25, 0.3) is 0 Å². The summed E-state index contributed by atoms with van der Waals surface area (Å²) in [6.07, 6.45) is 0.734. The Bertz CT molecular complexity index is 445. The van der Waals surface area contributed by atoms with Crippen LogP contribution in [0.5, 0.6) is 0 Å². The predicted molar refractivity (Wildman–Crippen MR) is 75.4 cm³/mol. The molecular weight excluding hydrogens is 262 g/mol. The van der Waals surface area contributed by atoms with E-state index in [0.29, 0.717) is 13.2 Å².